The zero-order valence-corrected chi connectivity index (χ0v) is 15.9. The van der Waals surface area contributed by atoms with Gasteiger partial charge in [-0.3, -0.25) is 0 Å². The summed E-state index contributed by atoms with van der Waals surface area (Å²) in [6.45, 7) is 1.85. The molecule has 0 aromatic heterocycles. The Morgan fingerprint density at radius 3 is 2.31 bits per heavy atom. The van der Waals surface area contributed by atoms with Crippen LogP contribution in [-0.2, 0) is 11.0 Å². The molecule has 0 saturated heterocycles. The highest BCUT2D eigenvalue weighted by Crippen LogP contribution is 2.42. The van der Waals surface area contributed by atoms with Gasteiger partial charge in [0.2, 0.25) is 0 Å². The smallest absolute Gasteiger partial charge is 0.417 e. The third kappa shape index (κ3) is 3.58. The summed E-state index contributed by atoms with van der Waals surface area (Å²) in [6.07, 6.45) is -3.97. The van der Waals surface area contributed by atoms with Crippen molar-refractivity contribution in [2.24, 2.45) is 0 Å². The summed E-state index contributed by atoms with van der Waals surface area (Å²) >= 11 is 0. The first-order chi connectivity index (χ1) is 13.7. The highest BCUT2D eigenvalue weighted by atomic mass is 19.4. The second-order valence-electron chi connectivity index (χ2n) is 6.86. The Morgan fingerprint density at radius 1 is 1.17 bits per heavy atom. The second kappa shape index (κ2) is 7.63. The van der Waals surface area contributed by atoms with E-state index in [4.69, 9.17) is 0 Å². The molecular weight excluding hydrogens is 381 g/mol. The van der Waals surface area contributed by atoms with Crippen LogP contribution in [0.1, 0.15) is 30.4 Å². The number of likely N-dealkylation sites (N-methyl/N-ethyl adjacent to an activating group) is 1. The minimum Gasteiger partial charge on any atom is -0.480 e. The molecule has 4 nitrogen and oxygen atoms in total. The number of benzene rings is 2. The maximum Gasteiger partial charge on any atom is 0.417 e. The van der Waals surface area contributed by atoms with Crippen molar-refractivity contribution in [1.29, 1.82) is 5.26 Å². The normalized spacial score (nSPS) is 19.4. The van der Waals surface area contributed by atoms with Gasteiger partial charge in [0, 0.05) is 12.7 Å². The number of carbonyl (C=O) groups is 1. The number of carboxylic acids is 1. The molecular formula is C22H19F3N2O2. The van der Waals surface area contributed by atoms with Crippen molar-refractivity contribution in [3.8, 4) is 17.2 Å². The third-order valence-corrected chi connectivity index (χ3v) is 5.30. The van der Waals surface area contributed by atoms with Crippen LogP contribution in [0.5, 0.6) is 0 Å². The number of alkyl halides is 3. The Balaban J connectivity index is 2.06. The van der Waals surface area contributed by atoms with Gasteiger partial charge >= 0.3 is 12.1 Å². The molecule has 1 aliphatic heterocycles. The lowest BCUT2D eigenvalue weighted by atomic mass is 9.86. The van der Waals surface area contributed by atoms with Crippen LogP contribution >= 0.6 is 0 Å². The van der Waals surface area contributed by atoms with E-state index in [1.807, 2.05) is 6.92 Å². The van der Waals surface area contributed by atoms with Crippen molar-refractivity contribution < 1.29 is 23.1 Å². The lowest BCUT2D eigenvalue weighted by Gasteiger charge is -2.25. The molecule has 2 aromatic carbocycles. The minimum absolute atomic E-state index is 0.0511. The van der Waals surface area contributed by atoms with Crippen LogP contribution in [0, 0.1) is 11.3 Å². The molecule has 0 saturated carbocycles. The van der Waals surface area contributed by atoms with Crippen molar-refractivity contribution >= 4 is 5.97 Å². The first-order valence-electron chi connectivity index (χ1n) is 9.06. The third-order valence-electron chi connectivity index (χ3n) is 5.30. The van der Waals surface area contributed by atoms with Gasteiger partial charge in [0.05, 0.1) is 23.1 Å². The van der Waals surface area contributed by atoms with E-state index in [2.05, 4.69) is 6.07 Å². The number of rotatable bonds is 4. The molecule has 7 heteroatoms. The highest BCUT2D eigenvalue weighted by Gasteiger charge is 2.43. The van der Waals surface area contributed by atoms with E-state index >= 15 is 0 Å². The molecule has 2 aromatic rings. The highest BCUT2D eigenvalue weighted by molar-refractivity contribution is 5.79. The average molecular weight is 400 g/mol. The molecule has 0 radical (unpaired) electrons. The monoisotopic (exact) mass is 400 g/mol. The van der Waals surface area contributed by atoms with Crippen LogP contribution in [0.2, 0.25) is 0 Å². The lowest BCUT2D eigenvalue weighted by molar-refractivity contribution is -0.142. The number of nitrogens with zero attached hydrogens (tertiary/aromatic N) is 2. The maximum absolute atomic E-state index is 13.3. The topological polar surface area (TPSA) is 64.3 Å². The largest absolute Gasteiger partial charge is 0.480 e. The number of hydrogen-bond acceptors (Lipinski definition) is 3. The van der Waals surface area contributed by atoms with Gasteiger partial charge in [-0.1, -0.05) is 49.4 Å². The Labute approximate surface area is 166 Å². The molecule has 0 aliphatic carbocycles. The summed E-state index contributed by atoms with van der Waals surface area (Å²) in [6, 6.07) is 12.8. The van der Waals surface area contributed by atoms with Crippen molar-refractivity contribution in [3.05, 3.63) is 70.9 Å². The number of aliphatic carboxylic acids is 1. The Bertz CT molecular complexity index is 1000. The van der Waals surface area contributed by atoms with Gasteiger partial charge in [0.15, 0.2) is 0 Å². The molecule has 0 bridgehead atoms. The van der Waals surface area contributed by atoms with Crippen molar-refractivity contribution in [1.82, 2.24) is 4.90 Å². The molecule has 1 heterocycles. The second-order valence-corrected chi connectivity index (χ2v) is 6.86. The fourth-order valence-electron chi connectivity index (χ4n) is 4.00. The molecule has 1 aliphatic rings. The van der Waals surface area contributed by atoms with Gasteiger partial charge in [-0.15, -0.1) is 0 Å². The molecule has 3 rings (SSSR count). The van der Waals surface area contributed by atoms with Crippen molar-refractivity contribution in [3.63, 3.8) is 0 Å². The molecule has 0 amide bonds. The predicted octanol–water partition coefficient (Wildman–Crippen LogP) is 5.04. The van der Waals surface area contributed by atoms with E-state index in [9.17, 15) is 28.3 Å². The molecule has 29 heavy (non-hydrogen) atoms. The average Bonchev–Trinajstić information content (AvgIpc) is 2.99. The molecule has 2 unspecified atom stereocenters. The van der Waals surface area contributed by atoms with Gasteiger partial charge in [-0.25, -0.2) is 4.79 Å². The van der Waals surface area contributed by atoms with Crippen molar-refractivity contribution in [2.75, 3.05) is 7.05 Å². The van der Waals surface area contributed by atoms with Gasteiger partial charge < -0.3 is 10.0 Å². The van der Waals surface area contributed by atoms with Crippen LogP contribution in [0.3, 0.4) is 0 Å². The number of nitriles is 1. The van der Waals surface area contributed by atoms with Crippen molar-refractivity contribution in [2.45, 2.75) is 31.5 Å². The zero-order valence-electron chi connectivity index (χ0n) is 15.9. The predicted molar refractivity (Wildman–Crippen MR) is 102 cm³/mol. The van der Waals surface area contributed by atoms with E-state index in [0.717, 1.165) is 6.07 Å². The van der Waals surface area contributed by atoms with E-state index < -0.39 is 29.7 Å². The van der Waals surface area contributed by atoms with E-state index in [1.54, 1.807) is 24.1 Å². The fraction of sp³-hybridized carbons (Fsp3) is 0.273. The number of carboxylic acid groups (broad SMARTS) is 1. The Morgan fingerprint density at radius 2 is 1.79 bits per heavy atom. The quantitative estimate of drug-likeness (QED) is 0.781. The van der Waals surface area contributed by atoms with Gasteiger partial charge in [-0.05, 0) is 29.2 Å². The summed E-state index contributed by atoms with van der Waals surface area (Å²) in [7, 11) is 1.64. The first kappa shape index (κ1) is 20.5. The fourth-order valence-corrected chi connectivity index (χ4v) is 4.00. The summed E-state index contributed by atoms with van der Waals surface area (Å²) in [5.41, 5.74) is 1.32. The molecule has 150 valence electrons. The van der Waals surface area contributed by atoms with Crippen LogP contribution in [0.4, 0.5) is 13.2 Å². The van der Waals surface area contributed by atoms with Crippen LogP contribution < -0.4 is 0 Å². The summed E-state index contributed by atoms with van der Waals surface area (Å²) in [4.78, 5) is 13.5. The van der Waals surface area contributed by atoms with Crippen LogP contribution in [0.15, 0.2) is 59.8 Å². The summed E-state index contributed by atoms with van der Waals surface area (Å²) in [5, 5.41) is 19.3. The molecule has 1 N–H and O–H groups in total. The van der Waals surface area contributed by atoms with Crippen LogP contribution in [-0.4, -0.2) is 29.1 Å². The number of allylic oxidation sites excluding steroid dienone is 1. The van der Waals surface area contributed by atoms with E-state index in [0.29, 0.717) is 28.8 Å². The molecule has 2 atom stereocenters. The van der Waals surface area contributed by atoms with Gasteiger partial charge in [0.25, 0.3) is 0 Å². The zero-order chi connectivity index (χ0) is 21.3. The SMILES string of the molecule is CCC1=C(C#N)C(c2ccc(-c3ccccc3C(F)(F)F)cc2)C(C(=O)O)N1C. The Kier molecular flexibility index (Phi) is 5.38. The lowest BCUT2D eigenvalue weighted by Crippen LogP contribution is -2.37. The van der Waals surface area contributed by atoms with Gasteiger partial charge in [0.1, 0.15) is 6.04 Å². The maximum atomic E-state index is 13.3. The number of hydrogen-bond donors (Lipinski definition) is 1. The molecule has 0 spiro atoms. The Hall–Kier alpha value is -3.27. The summed E-state index contributed by atoms with van der Waals surface area (Å²) < 4.78 is 39.9. The first-order valence-corrected chi connectivity index (χ1v) is 9.06. The van der Waals surface area contributed by atoms with Gasteiger partial charge in [-0.2, -0.15) is 18.4 Å². The van der Waals surface area contributed by atoms with E-state index in [-0.39, 0.29) is 5.56 Å². The standard InChI is InChI=1S/C22H19F3N2O2/c1-3-18-16(12-26)19(20(21(28)29)27(18)2)14-10-8-13(9-11-14)15-6-4-5-7-17(15)22(23,24)25/h4-11,19-20H,3H2,1-2H3,(H,28,29). The molecule has 0 fully saturated rings. The van der Waals surface area contributed by atoms with E-state index in [1.165, 1.54) is 30.3 Å². The minimum atomic E-state index is -4.48. The summed E-state index contributed by atoms with van der Waals surface area (Å²) in [5.74, 6) is -1.73. The van der Waals surface area contributed by atoms with Crippen LogP contribution in [0.25, 0.3) is 11.1 Å². The number of halogens is 3.